The monoisotopic (exact) mass is 246 g/mol. The minimum absolute atomic E-state index is 0.411. The Labute approximate surface area is 109 Å². The van der Waals surface area contributed by atoms with Gasteiger partial charge >= 0.3 is 0 Å². The molecule has 0 amide bonds. The van der Waals surface area contributed by atoms with Gasteiger partial charge in [0.25, 0.3) is 0 Å². The van der Waals surface area contributed by atoms with E-state index in [1.807, 2.05) is 18.2 Å². The zero-order valence-electron chi connectivity index (χ0n) is 10.9. The summed E-state index contributed by atoms with van der Waals surface area (Å²) in [5, 5.41) is 11.1. The number of epoxide rings is 1. The van der Waals surface area contributed by atoms with Crippen molar-refractivity contribution in [3.8, 4) is 0 Å². The standard InChI is InChI=1S/C16H22O2/c17-15(11-7-2-1-3-8-12-15)16(13-18-16)14-9-5-4-6-10-14/h4-6,9-10,17H,1-3,7-8,11-13H2/t16-/m1/s1. The molecule has 2 heteroatoms. The van der Waals surface area contributed by atoms with Crippen LogP contribution < -0.4 is 0 Å². The number of rotatable bonds is 2. The molecule has 1 aliphatic carbocycles. The van der Waals surface area contributed by atoms with Crippen LogP contribution in [0.15, 0.2) is 30.3 Å². The van der Waals surface area contributed by atoms with Crippen molar-refractivity contribution in [2.24, 2.45) is 0 Å². The Morgan fingerprint density at radius 3 is 2.00 bits per heavy atom. The van der Waals surface area contributed by atoms with Crippen LogP contribution in [0.3, 0.4) is 0 Å². The van der Waals surface area contributed by atoms with E-state index in [0.717, 1.165) is 31.2 Å². The van der Waals surface area contributed by atoms with Crippen LogP contribution >= 0.6 is 0 Å². The summed E-state index contributed by atoms with van der Waals surface area (Å²) in [7, 11) is 0. The molecule has 0 spiro atoms. The summed E-state index contributed by atoms with van der Waals surface area (Å²) in [6, 6.07) is 10.3. The predicted octanol–water partition coefficient (Wildman–Crippen LogP) is 3.39. The lowest BCUT2D eigenvalue weighted by molar-refractivity contribution is -0.0604. The summed E-state index contributed by atoms with van der Waals surface area (Å²) in [5.41, 5.74) is 0.0773. The highest BCUT2D eigenvalue weighted by molar-refractivity contribution is 5.31. The van der Waals surface area contributed by atoms with Gasteiger partial charge in [0.1, 0.15) is 11.2 Å². The fourth-order valence-electron chi connectivity index (χ4n) is 3.38. The lowest BCUT2D eigenvalue weighted by Gasteiger charge is -2.36. The van der Waals surface area contributed by atoms with E-state index >= 15 is 0 Å². The summed E-state index contributed by atoms with van der Waals surface area (Å²) in [5.74, 6) is 0. The second-order valence-corrected chi connectivity index (χ2v) is 5.78. The highest BCUT2D eigenvalue weighted by atomic mass is 16.6. The molecule has 1 heterocycles. The smallest absolute Gasteiger partial charge is 0.145 e. The van der Waals surface area contributed by atoms with Crippen LogP contribution in [0.1, 0.15) is 50.5 Å². The molecule has 2 aliphatic rings. The summed E-state index contributed by atoms with van der Waals surface area (Å²) in [6.07, 6.45) is 7.79. The Morgan fingerprint density at radius 2 is 1.44 bits per heavy atom. The van der Waals surface area contributed by atoms with Crippen LogP contribution in [-0.4, -0.2) is 17.3 Å². The van der Waals surface area contributed by atoms with Crippen molar-refractivity contribution in [1.82, 2.24) is 0 Å². The first-order valence-corrected chi connectivity index (χ1v) is 7.19. The van der Waals surface area contributed by atoms with Crippen LogP contribution in [0.2, 0.25) is 0 Å². The van der Waals surface area contributed by atoms with E-state index in [1.54, 1.807) is 0 Å². The SMILES string of the molecule is OC1([C@]2(c3ccccc3)CO2)CCCCCCC1. The third-order valence-corrected chi connectivity index (χ3v) is 4.61. The fourth-order valence-corrected chi connectivity index (χ4v) is 3.38. The Balaban J connectivity index is 1.87. The minimum atomic E-state index is -0.658. The van der Waals surface area contributed by atoms with Gasteiger partial charge in [-0.3, -0.25) is 0 Å². The molecule has 1 aromatic carbocycles. The van der Waals surface area contributed by atoms with Gasteiger partial charge in [0.05, 0.1) is 6.61 Å². The summed E-state index contributed by atoms with van der Waals surface area (Å²) in [6.45, 7) is 0.674. The molecule has 3 rings (SSSR count). The van der Waals surface area contributed by atoms with Crippen LogP contribution in [0.25, 0.3) is 0 Å². The van der Waals surface area contributed by atoms with E-state index in [2.05, 4.69) is 12.1 Å². The molecule has 2 nitrogen and oxygen atoms in total. The zero-order valence-corrected chi connectivity index (χ0v) is 10.9. The summed E-state index contributed by atoms with van der Waals surface area (Å²) >= 11 is 0. The zero-order chi connectivity index (χ0) is 12.5. The van der Waals surface area contributed by atoms with Crippen molar-refractivity contribution >= 4 is 0 Å². The summed E-state index contributed by atoms with van der Waals surface area (Å²) in [4.78, 5) is 0. The molecule has 0 aromatic heterocycles. The van der Waals surface area contributed by atoms with Crippen LogP contribution in [-0.2, 0) is 10.3 Å². The Bertz CT molecular complexity index is 387. The van der Waals surface area contributed by atoms with Crippen LogP contribution in [0.4, 0.5) is 0 Å². The van der Waals surface area contributed by atoms with Crippen molar-refractivity contribution in [3.05, 3.63) is 35.9 Å². The summed E-state index contributed by atoms with van der Waals surface area (Å²) < 4.78 is 5.77. The highest BCUT2D eigenvalue weighted by Crippen LogP contribution is 2.52. The van der Waals surface area contributed by atoms with Gasteiger partial charge in [0.2, 0.25) is 0 Å². The van der Waals surface area contributed by atoms with E-state index in [-0.39, 0.29) is 0 Å². The third-order valence-electron chi connectivity index (χ3n) is 4.61. The molecule has 1 aromatic rings. The molecule has 18 heavy (non-hydrogen) atoms. The van der Waals surface area contributed by atoms with Crippen molar-refractivity contribution in [2.75, 3.05) is 6.61 Å². The van der Waals surface area contributed by atoms with Crippen molar-refractivity contribution < 1.29 is 9.84 Å². The van der Waals surface area contributed by atoms with E-state index in [0.29, 0.717) is 6.61 Å². The number of ether oxygens (including phenoxy) is 1. The molecule has 1 atom stereocenters. The van der Waals surface area contributed by atoms with Crippen LogP contribution in [0.5, 0.6) is 0 Å². The molecule has 2 fully saturated rings. The molecular weight excluding hydrogens is 224 g/mol. The molecule has 98 valence electrons. The lowest BCUT2D eigenvalue weighted by Crippen LogP contribution is -2.44. The normalized spacial score (nSPS) is 31.4. The van der Waals surface area contributed by atoms with Gasteiger partial charge in [-0.15, -0.1) is 0 Å². The number of benzene rings is 1. The van der Waals surface area contributed by atoms with Crippen molar-refractivity contribution in [1.29, 1.82) is 0 Å². The van der Waals surface area contributed by atoms with Crippen LogP contribution in [0, 0.1) is 0 Å². The maximum absolute atomic E-state index is 11.1. The number of aliphatic hydroxyl groups is 1. The van der Waals surface area contributed by atoms with Gasteiger partial charge in [-0.05, 0) is 18.4 Å². The molecule has 0 unspecified atom stereocenters. The largest absolute Gasteiger partial charge is 0.386 e. The van der Waals surface area contributed by atoms with Gasteiger partial charge < -0.3 is 9.84 Å². The second-order valence-electron chi connectivity index (χ2n) is 5.78. The Kier molecular flexibility index (Phi) is 3.16. The van der Waals surface area contributed by atoms with Gasteiger partial charge in [-0.25, -0.2) is 0 Å². The fraction of sp³-hybridized carbons (Fsp3) is 0.625. The minimum Gasteiger partial charge on any atom is -0.386 e. The second kappa shape index (κ2) is 4.67. The van der Waals surface area contributed by atoms with E-state index in [1.165, 1.54) is 19.3 Å². The van der Waals surface area contributed by atoms with Gasteiger partial charge in [-0.1, -0.05) is 62.4 Å². The molecule has 0 bridgehead atoms. The van der Waals surface area contributed by atoms with Gasteiger partial charge in [-0.2, -0.15) is 0 Å². The molecule has 1 N–H and O–H groups in total. The molecule has 1 aliphatic heterocycles. The third kappa shape index (κ3) is 1.98. The Morgan fingerprint density at radius 1 is 0.889 bits per heavy atom. The van der Waals surface area contributed by atoms with E-state index in [9.17, 15) is 5.11 Å². The van der Waals surface area contributed by atoms with Gasteiger partial charge in [0.15, 0.2) is 0 Å². The van der Waals surface area contributed by atoms with Gasteiger partial charge in [0, 0.05) is 0 Å². The molecule has 1 saturated carbocycles. The predicted molar refractivity (Wildman–Crippen MR) is 71.3 cm³/mol. The quantitative estimate of drug-likeness (QED) is 0.811. The lowest BCUT2D eigenvalue weighted by atomic mass is 9.74. The highest BCUT2D eigenvalue weighted by Gasteiger charge is 2.61. The first-order chi connectivity index (χ1) is 8.77. The Hall–Kier alpha value is -0.860. The maximum atomic E-state index is 11.1. The molecular formula is C16H22O2. The first kappa shape index (κ1) is 12.2. The first-order valence-electron chi connectivity index (χ1n) is 7.19. The van der Waals surface area contributed by atoms with Crippen molar-refractivity contribution in [3.63, 3.8) is 0 Å². The number of hydrogen-bond acceptors (Lipinski definition) is 2. The average molecular weight is 246 g/mol. The topological polar surface area (TPSA) is 32.8 Å². The average Bonchev–Trinajstić information content (AvgIpc) is 3.17. The molecule has 0 radical (unpaired) electrons. The molecule has 1 saturated heterocycles. The number of hydrogen-bond donors (Lipinski definition) is 1. The van der Waals surface area contributed by atoms with E-state index in [4.69, 9.17) is 4.74 Å². The van der Waals surface area contributed by atoms with Crippen molar-refractivity contribution in [2.45, 2.75) is 56.1 Å². The maximum Gasteiger partial charge on any atom is 0.145 e. The van der Waals surface area contributed by atoms with E-state index < -0.39 is 11.2 Å².